The minimum atomic E-state index is -3.96. The number of ether oxygens (including phenoxy) is 1. The fourth-order valence-electron chi connectivity index (χ4n) is 2.08. The highest BCUT2D eigenvalue weighted by Crippen LogP contribution is 2.35. The van der Waals surface area contributed by atoms with Gasteiger partial charge < -0.3 is 4.74 Å². The van der Waals surface area contributed by atoms with Gasteiger partial charge in [0, 0.05) is 17.6 Å². The SMILES string of the molecule is CC(=O)c1ccc(S(=O)(=O)N(C)CC(=O)Oc2c(Cl)cc(Cl)cc2Cl)cc1. The lowest BCUT2D eigenvalue weighted by atomic mass is 10.2. The van der Waals surface area contributed by atoms with E-state index in [1.165, 1.54) is 50.4 Å². The summed E-state index contributed by atoms with van der Waals surface area (Å²) in [7, 11) is -2.74. The average molecular weight is 451 g/mol. The molecule has 0 N–H and O–H groups in total. The molecule has 2 aromatic rings. The predicted molar refractivity (Wildman–Crippen MR) is 103 cm³/mol. The van der Waals surface area contributed by atoms with E-state index in [-0.39, 0.29) is 31.5 Å². The molecule has 0 aliphatic carbocycles. The third kappa shape index (κ3) is 5.21. The second kappa shape index (κ2) is 8.58. The van der Waals surface area contributed by atoms with Gasteiger partial charge >= 0.3 is 5.97 Å². The third-order valence-corrected chi connectivity index (χ3v) is 6.10. The number of Topliss-reactive ketones (excluding diaryl/α,β-unsaturated/α-hetero) is 1. The molecule has 0 atom stereocenters. The normalized spacial score (nSPS) is 11.5. The van der Waals surface area contributed by atoms with E-state index in [1.807, 2.05) is 0 Å². The van der Waals surface area contributed by atoms with Crippen LogP contribution >= 0.6 is 34.8 Å². The lowest BCUT2D eigenvalue weighted by molar-refractivity contribution is -0.134. The van der Waals surface area contributed by atoms with Crippen molar-refractivity contribution in [1.82, 2.24) is 4.31 Å². The summed E-state index contributed by atoms with van der Waals surface area (Å²) in [6.45, 7) is 0.796. The molecule has 0 radical (unpaired) electrons. The van der Waals surface area contributed by atoms with Crippen LogP contribution in [0.3, 0.4) is 0 Å². The molecule has 0 aliphatic heterocycles. The molecule has 144 valence electrons. The van der Waals surface area contributed by atoms with Crippen molar-refractivity contribution in [2.24, 2.45) is 0 Å². The molecule has 0 aromatic heterocycles. The Morgan fingerprint density at radius 2 is 1.56 bits per heavy atom. The van der Waals surface area contributed by atoms with Crippen LogP contribution in [0.1, 0.15) is 17.3 Å². The number of carbonyl (C=O) groups excluding carboxylic acids is 2. The van der Waals surface area contributed by atoms with Crippen LogP contribution in [0.25, 0.3) is 0 Å². The number of rotatable bonds is 6. The number of hydrogen-bond donors (Lipinski definition) is 0. The van der Waals surface area contributed by atoms with Crippen molar-refractivity contribution < 1.29 is 22.7 Å². The van der Waals surface area contributed by atoms with E-state index in [1.54, 1.807) is 0 Å². The third-order valence-electron chi connectivity index (χ3n) is 3.50. The fourth-order valence-corrected chi connectivity index (χ4v) is 4.09. The van der Waals surface area contributed by atoms with Gasteiger partial charge in [0.2, 0.25) is 10.0 Å². The van der Waals surface area contributed by atoms with E-state index in [2.05, 4.69) is 0 Å². The van der Waals surface area contributed by atoms with Crippen LogP contribution < -0.4 is 4.74 Å². The Morgan fingerprint density at radius 3 is 2.04 bits per heavy atom. The van der Waals surface area contributed by atoms with Crippen molar-refractivity contribution in [3.63, 3.8) is 0 Å². The number of halogens is 3. The Balaban J connectivity index is 2.14. The van der Waals surface area contributed by atoms with Gasteiger partial charge in [-0.05, 0) is 31.2 Å². The molecule has 0 fully saturated rings. The molecule has 6 nitrogen and oxygen atoms in total. The molecule has 0 saturated heterocycles. The Morgan fingerprint density at radius 1 is 1.04 bits per heavy atom. The molecule has 27 heavy (non-hydrogen) atoms. The summed E-state index contributed by atoms with van der Waals surface area (Å²) in [6, 6.07) is 8.06. The molecule has 10 heteroatoms. The van der Waals surface area contributed by atoms with E-state index in [0.717, 1.165) is 4.31 Å². The molecule has 0 spiro atoms. The van der Waals surface area contributed by atoms with Crippen LogP contribution in [0.15, 0.2) is 41.3 Å². The van der Waals surface area contributed by atoms with Crippen LogP contribution in [0.2, 0.25) is 15.1 Å². The Bertz CT molecular complexity index is 967. The number of esters is 1. The van der Waals surface area contributed by atoms with E-state index in [0.29, 0.717) is 5.56 Å². The minimum Gasteiger partial charge on any atom is -0.422 e. The first kappa shape index (κ1) is 21.7. The van der Waals surface area contributed by atoms with Gasteiger partial charge in [0.15, 0.2) is 11.5 Å². The standard InChI is InChI=1S/C17H14Cl3NO5S/c1-10(22)11-3-5-13(6-4-11)27(24,25)21(2)9-16(23)26-17-14(19)7-12(18)8-15(17)20/h3-8H,9H2,1-2H3. The first-order chi connectivity index (χ1) is 12.5. The number of likely N-dealkylation sites (N-methyl/N-ethyl adjacent to an activating group) is 1. The van der Waals surface area contributed by atoms with Gasteiger partial charge in [-0.25, -0.2) is 8.42 Å². The molecular formula is C17H14Cl3NO5S. The number of hydrogen-bond acceptors (Lipinski definition) is 5. The minimum absolute atomic E-state index is 0.0196. The first-order valence-electron chi connectivity index (χ1n) is 7.45. The van der Waals surface area contributed by atoms with Crippen LogP contribution in [0.4, 0.5) is 0 Å². The van der Waals surface area contributed by atoms with E-state index in [9.17, 15) is 18.0 Å². The zero-order valence-electron chi connectivity index (χ0n) is 14.2. The van der Waals surface area contributed by atoms with Crippen molar-refractivity contribution in [3.05, 3.63) is 57.0 Å². The number of nitrogens with zero attached hydrogens (tertiary/aromatic N) is 1. The van der Waals surface area contributed by atoms with Gasteiger partial charge in [-0.15, -0.1) is 0 Å². The highest BCUT2D eigenvalue weighted by Gasteiger charge is 2.25. The highest BCUT2D eigenvalue weighted by atomic mass is 35.5. The maximum absolute atomic E-state index is 12.5. The Hall–Kier alpha value is -1.64. The summed E-state index contributed by atoms with van der Waals surface area (Å²) in [4.78, 5) is 23.3. The second-order valence-electron chi connectivity index (χ2n) is 5.51. The summed E-state index contributed by atoms with van der Waals surface area (Å²) in [5, 5.41) is 0.302. The largest absolute Gasteiger partial charge is 0.422 e. The quantitative estimate of drug-likeness (QED) is 0.376. The summed E-state index contributed by atoms with van der Waals surface area (Å²) in [5.74, 6) is -1.18. The monoisotopic (exact) mass is 449 g/mol. The maximum Gasteiger partial charge on any atom is 0.326 e. The molecule has 0 aliphatic rings. The number of carbonyl (C=O) groups is 2. The summed E-state index contributed by atoms with van der Waals surface area (Å²) in [5.41, 5.74) is 0.378. The molecule has 0 amide bonds. The molecule has 0 saturated carbocycles. The summed E-state index contributed by atoms with van der Waals surface area (Å²) >= 11 is 17.7. The first-order valence-corrected chi connectivity index (χ1v) is 10.0. The lowest BCUT2D eigenvalue weighted by Gasteiger charge is -2.17. The average Bonchev–Trinajstić information content (AvgIpc) is 2.58. The molecule has 0 unspecified atom stereocenters. The van der Waals surface area contributed by atoms with Crippen LogP contribution in [0, 0.1) is 0 Å². The van der Waals surface area contributed by atoms with Crippen LogP contribution in [-0.4, -0.2) is 38.1 Å². The van der Waals surface area contributed by atoms with Crippen LogP contribution in [0.5, 0.6) is 5.75 Å². The zero-order chi connectivity index (χ0) is 20.4. The van der Waals surface area contributed by atoms with Crippen molar-refractivity contribution >= 4 is 56.6 Å². The van der Waals surface area contributed by atoms with E-state index >= 15 is 0 Å². The Kier molecular flexibility index (Phi) is 6.88. The van der Waals surface area contributed by atoms with Crippen molar-refractivity contribution in [1.29, 1.82) is 0 Å². The predicted octanol–water partition coefficient (Wildman–Crippen LogP) is 4.08. The number of sulfonamides is 1. The maximum atomic E-state index is 12.5. The smallest absolute Gasteiger partial charge is 0.326 e. The fraction of sp³-hybridized carbons (Fsp3) is 0.176. The summed E-state index contributed by atoms with van der Waals surface area (Å²) < 4.78 is 31.0. The molecule has 0 heterocycles. The van der Waals surface area contributed by atoms with Gasteiger partial charge in [0.1, 0.15) is 6.54 Å². The second-order valence-corrected chi connectivity index (χ2v) is 8.81. The van der Waals surface area contributed by atoms with Crippen LogP contribution in [-0.2, 0) is 14.8 Å². The van der Waals surface area contributed by atoms with Gasteiger partial charge in [-0.1, -0.05) is 46.9 Å². The number of ketones is 1. The van der Waals surface area contributed by atoms with E-state index < -0.39 is 22.5 Å². The van der Waals surface area contributed by atoms with Crippen molar-refractivity contribution in [2.75, 3.05) is 13.6 Å². The Labute approximate surface area is 171 Å². The zero-order valence-corrected chi connectivity index (χ0v) is 17.3. The van der Waals surface area contributed by atoms with Gasteiger partial charge in [0.05, 0.1) is 14.9 Å². The van der Waals surface area contributed by atoms with Gasteiger partial charge in [0.25, 0.3) is 0 Å². The van der Waals surface area contributed by atoms with Crippen molar-refractivity contribution in [2.45, 2.75) is 11.8 Å². The van der Waals surface area contributed by atoms with Gasteiger partial charge in [-0.3, -0.25) is 9.59 Å². The van der Waals surface area contributed by atoms with Gasteiger partial charge in [-0.2, -0.15) is 4.31 Å². The van der Waals surface area contributed by atoms with Crippen molar-refractivity contribution in [3.8, 4) is 5.75 Å². The highest BCUT2D eigenvalue weighted by molar-refractivity contribution is 7.89. The van der Waals surface area contributed by atoms with E-state index in [4.69, 9.17) is 39.5 Å². The topological polar surface area (TPSA) is 80.8 Å². The molecule has 0 bridgehead atoms. The molecule has 2 aromatic carbocycles. The lowest BCUT2D eigenvalue weighted by Crippen LogP contribution is -2.34. The molecular weight excluding hydrogens is 437 g/mol. The number of benzene rings is 2. The summed E-state index contributed by atoms with van der Waals surface area (Å²) in [6.07, 6.45) is 0. The molecule has 2 rings (SSSR count).